The van der Waals surface area contributed by atoms with E-state index < -0.39 is 0 Å². The van der Waals surface area contributed by atoms with Crippen molar-refractivity contribution in [3.63, 3.8) is 0 Å². The minimum atomic E-state index is -0.177. The van der Waals surface area contributed by atoms with Crippen molar-refractivity contribution >= 4 is 21.6 Å². The molecule has 0 amide bonds. The van der Waals surface area contributed by atoms with Crippen molar-refractivity contribution < 1.29 is 4.39 Å². The summed E-state index contributed by atoms with van der Waals surface area (Å²) >= 11 is 1.53. The van der Waals surface area contributed by atoms with Crippen LogP contribution in [0.3, 0.4) is 0 Å². The lowest BCUT2D eigenvalue weighted by Crippen LogP contribution is -1.79. The molecule has 0 atom stereocenters. The van der Waals surface area contributed by atoms with Crippen molar-refractivity contribution in [3.8, 4) is 0 Å². The highest BCUT2D eigenvalue weighted by molar-refractivity contribution is 7.16. The molecule has 0 fully saturated rings. The third kappa shape index (κ3) is 1.01. The maximum absolute atomic E-state index is 12.9. The lowest BCUT2D eigenvalue weighted by atomic mass is 10.2. The molecule has 0 aliphatic rings. The Morgan fingerprint density at radius 2 is 2.27 bits per heavy atom. The lowest BCUT2D eigenvalue weighted by molar-refractivity contribution is 0.620. The first-order valence-corrected chi connectivity index (χ1v) is 4.14. The minimum Gasteiger partial charge on any atom is -0.245 e. The topological polar surface area (TPSA) is 12.9 Å². The number of hydrogen-bond donors (Lipinski definition) is 0. The summed E-state index contributed by atoms with van der Waals surface area (Å²) in [5, 5.41) is 0. The van der Waals surface area contributed by atoms with E-state index in [-0.39, 0.29) is 5.82 Å². The van der Waals surface area contributed by atoms with Crippen LogP contribution in [-0.4, -0.2) is 4.98 Å². The predicted octanol–water partition coefficient (Wildman–Crippen LogP) is 2.74. The Hall–Kier alpha value is -0.960. The van der Waals surface area contributed by atoms with E-state index in [0.29, 0.717) is 5.56 Å². The largest absolute Gasteiger partial charge is 0.245 e. The van der Waals surface area contributed by atoms with Gasteiger partial charge in [0.05, 0.1) is 15.7 Å². The fourth-order valence-corrected chi connectivity index (χ4v) is 1.74. The van der Waals surface area contributed by atoms with Crippen LogP contribution in [-0.2, 0) is 0 Å². The molecule has 0 spiro atoms. The van der Waals surface area contributed by atoms with Gasteiger partial charge >= 0.3 is 0 Å². The summed E-state index contributed by atoms with van der Waals surface area (Å²) in [5.41, 5.74) is 3.16. The number of fused-ring (bicyclic) bond motifs is 1. The number of halogens is 1. The third-order valence-electron chi connectivity index (χ3n) is 1.61. The van der Waals surface area contributed by atoms with E-state index in [4.69, 9.17) is 0 Å². The van der Waals surface area contributed by atoms with E-state index in [1.165, 1.54) is 17.4 Å². The Labute approximate surface area is 67.5 Å². The first-order valence-electron chi connectivity index (χ1n) is 3.27. The number of aromatic nitrogens is 1. The molecular weight excluding hydrogens is 161 g/mol. The van der Waals surface area contributed by atoms with Crippen molar-refractivity contribution in [1.29, 1.82) is 0 Å². The summed E-state index contributed by atoms with van der Waals surface area (Å²) in [6, 6.07) is 3.30. The average molecular weight is 167 g/mol. The maximum Gasteiger partial charge on any atom is 0.128 e. The van der Waals surface area contributed by atoms with E-state index in [0.717, 1.165) is 10.2 Å². The Morgan fingerprint density at radius 1 is 1.45 bits per heavy atom. The molecule has 0 N–H and O–H groups in total. The number of benzene rings is 1. The number of aryl methyl sites for hydroxylation is 1. The summed E-state index contributed by atoms with van der Waals surface area (Å²) < 4.78 is 13.9. The molecular formula is C8H6FNS. The van der Waals surface area contributed by atoms with Crippen LogP contribution < -0.4 is 0 Å². The fourth-order valence-electron chi connectivity index (χ4n) is 0.980. The molecule has 56 valence electrons. The number of hydrogen-bond acceptors (Lipinski definition) is 2. The van der Waals surface area contributed by atoms with E-state index in [1.807, 2.05) is 6.07 Å². The highest BCUT2D eigenvalue weighted by Crippen LogP contribution is 2.20. The summed E-state index contributed by atoms with van der Waals surface area (Å²) in [6.45, 7) is 1.76. The Bertz CT molecular complexity index is 358. The highest BCUT2D eigenvalue weighted by atomic mass is 32.1. The van der Waals surface area contributed by atoms with Gasteiger partial charge in [-0.1, -0.05) is 0 Å². The van der Waals surface area contributed by atoms with Gasteiger partial charge in [-0.05, 0) is 18.6 Å². The quantitative estimate of drug-likeness (QED) is 0.588. The van der Waals surface area contributed by atoms with Gasteiger partial charge < -0.3 is 0 Å². The van der Waals surface area contributed by atoms with Crippen LogP contribution in [0.2, 0.25) is 0 Å². The smallest absolute Gasteiger partial charge is 0.128 e. The van der Waals surface area contributed by atoms with Crippen molar-refractivity contribution in [3.05, 3.63) is 29.0 Å². The molecule has 0 aliphatic carbocycles. The number of nitrogens with zero attached hydrogens (tertiary/aromatic N) is 1. The van der Waals surface area contributed by atoms with Crippen molar-refractivity contribution in [2.75, 3.05) is 0 Å². The van der Waals surface area contributed by atoms with Crippen LogP contribution in [0.25, 0.3) is 10.2 Å². The molecule has 11 heavy (non-hydrogen) atoms. The monoisotopic (exact) mass is 167 g/mol. The summed E-state index contributed by atoms with van der Waals surface area (Å²) in [6.07, 6.45) is 0. The molecule has 0 unspecified atom stereocenters. The van der Waals surface area contributed by atoms with Crippen LogP contribution in [0.5, 0.6) is 0 Å². The van der Waals surface area contributed by atoms with Gasteiger partial charge in [-0.3, -0.25) is 0 Å². The molecule has 2 rings (SSSR count). The zero-order valence-electron chi connectivity index (χ0n) is 5.97. The second-order valence-electron chi connectivity index (χ2n) is 2.42. The molecule has 1 aromatic heterocycles. The van der Waals surface area contributed by atoms with Gasteiger partial charge in [-0.2, -0.15) is 0 Å². The lowest BCUT2D eigenvalue weighted by Gasteiger charge is -1.93. The SMILES string of the molecule is Cc1cc2scnc2cc1F. The summed E-state index contributed by atoms with van der Waals surface area (Å²) in [7, 11) is 0. The molecule has 0 radical (unpaired) electrons. The normalized spacial score (nSPS) is 10.7. The fraction of sp³-hybridized carbons (Fsp3) is 0.125. The second kappa shape index (κ2) is 2.27. The second-order valence-corrected chi connectivity index (χ2v) is 3.31. The molecule has 0 aliphatic heterocycles. The van der Waals surface area contributed by atoms with Crippen LogP contribution in [0, 0.1) is 12.7 Å². The molecule has 0 saturated heterocycles. The van der Waals surface area contributed by atoms with Crippen molar-refractivity contribution in [2.45, 2.75) is 6.92 Å². The summed E-state index contributed by atoms with van der Waals surface area (Å²) in [5.74, 6) is -0.177. The molecule has 2 aromatic rings. The first kappa shape index (κ1) is 6.73. The molecule has 0 saturated carbocycles. The molecule has 0 bridgehead atoms. The molecule has 1 nitrogen and oxygen atoms in total. The molecule has 1 aromatic carbocycles. The third-order valence-corrected chi connectivity index (χ3v) is 2.40. The van der Waals surface area contributed by atoms with E-state index in [2.05, 4.69) is 4.98 Å². The molecule has 1 heterocycles. The van der Waals surface area contributed by atoms with Crippen LogP contribution in [0.1, 0.15) is 5.56 Å². The highest BCUT2D eigenvalue weighted by Gasteiger charge is 2.01. The van der Waals surface area contributed by atoms with E-state index in [9.17, 15) is 4.39 Å². The Morgan fingerprint density at radius 3 is 3.09 bits per heavy atom. The van der Waals surface area contributed by atoms with Gasteiger partial charge in [-0.25, -0.2) is 9.37 Å². The summed E-state index contributed by atoms with van der Waals surface area (Å²) in [4.78, 5) is 4.00. The number of rotatable bonds is 0. The standard InChI is InChI=1S/C8H6FNS/c1-5-2-8-7(3-6(5)9)10-4-11-8/h2-4H,1H3. The van der Waals surface area contributed by atoms with Gasteiger partial charge in [-0.15, -0.1) is 11.3 Å². The maximum atomic E-state index is 12.9. The van der Waals surface area contributed by atoms with Gasteiger partial charge in [0.2, 0.25) is 0 Å². The average Bonchev–Trinajstić information content (AvgIpc) is 2.36. The zero-order chi connectivity index (χ0) is 7.84. The number of thiazole rings is 1. The van der Waals surface area contributed by atoms with Gasteiger partial charge in [0, 0.05) is 6.07 Å². The van der Waals surface area contributed by atoms with Crippen LogP contribution in [0.15, 0.2) is 17.6 Å². The van der Waals surface area contributed by atoms with Crippen LogP contribution >= 0.6 is 11.3 Å². The van der Waals surface area contributed by atoms with E-state index >= 15 is 0 Å². The van der Waals surface area contributed by atoms with Crippen molar-refractivity contribution in [1.82, 2.24) is 4.98 Å². The zero-order valence-corrected chi connectivity index (χ0v) is 6.78. The van der Waals surface area contributed by atoms with Gasteiger partial charge in [0.15, 0.2) is 0 Å². The predicted molar refractivity (Wildman–Crippen MR) is 44.3 cm³/mol. The van der Waals surface area contributed by atoms with Gasteiger partial charge in [0.1, 0.15) is 5.82 Å². The first-order chi connectivity index (χ1) is 5.27. The molecule has 3 heteroatoms. The van der Waals surface area contributed by atoms with Gasteiger partial charge in [0.25, 0.3) is 0 Å². The Balaban J connectivity index is 2.86. The van der Waals surface area contributed by atoms with E-state index in [1.54, 1.807) is 12.4 Å². The van der Waals surface area contributed by atoms with Crippen molar-refractivity contribution in [2.24, 2.45) is 0 Å². The minimum absolute atomic E-state index is 0.177. The Kier molecular flexibility index (Phi) is 1.39. The van der Waals surface area contributed by atoms with Crippen LogP contribution in [0.4, 0.5) is 4.39 Å².